The molecule has 0 aromatic heterocycles. The van der Waals surface area contributed by atoms with E-state index < -0.39 is 18.3 Å². The zero-order valence-corrected chi connectivity index (χ0v) is 22.3. The summed E-state index contributed by atoms with van der Waals surface area (Å²) in [4.78, 5) is 13.6. The summed E-state index contributed by atoms with van der Waals surface area (Å²) in [6, 6.07) is 0. The minimum atomic E-state index is -0.892. The van der Waals surface area contributed by atoms with Gasteiger partial charge in [0.2, 0.25) is 0 Å². The molecule has 4 saturated carbocycles. The van der Waals surface area contributed by atoms with Crippen molar-refractivity contribution >= 4 is 5.78 Å². The van der Waals surface area contributed by atoms with Gasteiger partial charge in [0, 0.05) is 18.3 Å². The Morgan fingerprint density at radius 3 is 2.18 bits per heavy atom. The minimum absolute atomic E-state index is 0.100. The van der Waals surface area contributed by atoms with E-state index in [1.807, 2.05) is 6.92 Å². The number of aliphatic hydroxyl groups excluding tert-OH is 4. The molecule has 0 aliphatic heterocycles. The molecule has 0 unspecified atom stereocenters. The van der Waals surface area contributed by atoms with E-state index in [-0.39, 0.29) is 58.2 Å². The predicted octanol–water partition coefficient (Wildman–Crippen LogP) is 4.20. The third-order valence-corrected chi connectivity index (χ3v) is 11.7. The molecule has 0 radical (unpaired) electrons. The zero-order chi connectivity index (χ0) is 25.2. The Hall–Kier alpha value is -0.490. The number of ketones is 1. The van der Waals surface area contributed by atoms with Crippen molar-refractivity contribution in [2.24, 2.45) is 58.2 Å². The van der Waals surface area contributed by atoms with E-state index in [9.17, 15) is 25.2 Å². The van der Waals surface area contributed by atoms with Crippen molar-refractivity contribution < 1.29 is 25.2 Å². The van der Waals surface area contributed by atoms with Gasteiger partial charge in [0.05, 0.1) is 24.4 Å². The van der Waals surface area contributed by atoms with E-state index in [0.717, 1.165) is 38.5 Å². The Morgan fingerprint density at radius 1 is 0.912 bits per heavy atom. The maximum absolute atomic E-state index is 13.6. The lowest BCUT2D eigenvalue weighted by Gasteiger charge is -2.63. The molecule has 4 N–H and O–H groups in total. The lowest BCUT2D eigenvalue weighted by Crippen LogP contribution is -2.64. The smallest absolute Gasteiger partial charge is 0.137 e. The van der Waals surface area contributed by atoms with Gasteiger partial charge >= 0.3 is 0 Å². The Kier molecular flexibility index (Phi) is 7.37. The quantitative estimate of drug-likeness (QED) is 0.459. The molecule has 4 rings (SSSR count). The molecule has 0 aromatic carbocycles. The van der Waals surface area contributed by atoms with E-state index in [1.165, 1.54) is 0 Å². The number of fused-ring (bicyclic) bond motifs is 5. The van der Waals surface area contributed by atoms with Gasteiger partial charge in [-0.1, -0.05) is 41.0 Å². The SMILES string of the molecule is CC(C)[C@H](CC[C@H](C)[C@H]1CC(=O)[C@H]2[C@H]3[C@@H](O)[C@H](O)[C@H]4C[C@@H](O)CC[C@]4(C)[C@@H]3CC[C@]12C)[C@@H](C)O. The molecule has 4 fully saturated rings. The Labute approximate surface area is 206 Å². The summed E-state index contributed by atoms with van der Waals surface area (Å²) in [6.07, 6.45) is 4.21. The van der Waals surface area contributed by atoms with Gasteiger partial charge in [-0.3, -0.25) is 4.79 Å². The summed E-state index contributed by atoms with van der Waals surface area (Å²) in [5.41, 5.74) is -0.274. The molecule has 4 aliphatic rings. The molecule has 0 aromatic rings. The van der Waals surface area contributed by atoms with Crippen LogP contribution in [0.5, 0.6) is 0 Å². The zero-order valence-electron chi connectivity index (χ0n) is 22.3. The van der Waals surface area contributed by atoms with Crippen LogP contribution in [-0.2, 0) is 4.79 Å². The molecule has 0 spiro atoms. The second kappa shape index (κ2) is 9.43. The predicted molar refractivity (Wildman–Crippen MR) is 133 cm³/mol. The first-order chi connectivity index (χ1) is 15.8. The number of carbonyl (C=O) groups excluding carboxylic acids is 1. The largest absolute Gasteiger partial charge is 0.393 e. The van der Waals surface area contributed by atoms with Gasteiger partial charge in [-0.2, -0.15) is 0 Å². The first-order valence-electron chi connectivity index (χ1n) is 14.1. The highest BCUT2D eigenvalue weighted by atomic mass is 16.3. The third-order valence-electron chi connectivity index (χ3n) is 11.7. The second-order valence-corrected chi connectivity index (χ2v) is 13.7. The van der Waals surface area contributed by atoms with E-state index in [0.29, 0.717) is 24.7 Å². The van der Waals surface area contributed by atoms with Crippen LogP contribution in [0.1, 0.15) is 92.9 Å². The maximum atomic E-state index is 13.6. The molecule has 13 atom stereocenters. The Balaban J connectivity index is 1.57. The van der Waals surface area contributed by atoms with Crippen molar-refractivity contribution in [3.63, 3.8) is 0 Å². The molecule has 0 saturated heterocycles. The van der Waals surface area contributed by atoms with Gasteiger partial charge in [0.1, 0.15) is 5.78 Å². The van der Waals surface area contributed by atoms with Crippen molar-refractivity contribution in [1.82, 2.24) is 0 Å². The van der Waals surface area contributed by atoms with Gasteiger partial charge in [0.25, 0.3) is 0 Å². The summed E-state index contributed by atoms with van der Waals surface area (Å²) in [5, 5.41) is 43.1. The highest BCUT2D eigenvalue weighted by Gasteiger charge is 2.67. The first kappa shape index (κ1) is 26.6. The molecule has 0 bridgehead atoms. The van der Waals surface area contributed by atoms with E-state index >= 15 is 0 Å². The highest BCUT2D eigenvalue weighted by Crippen LogP contribution is 2.67. The van der Waals surface area contributed by atoms with E-state index in [1.54, 1.807) is 0 Å². The molecule has 196 valence electrons. The van der Waals surface area contributed by atoms with Crippen LogP contribution in [0.25, 0.3) is 0 Å². The van der Waals surface area contributed by atoms with Crippen LogP contribution in [0.2, 0.25) is 0 Å². The summed E-state index contributed by atoms with van der Waals surface area (Å²) < 4.78 is 0. The summed E-state index contributed by atoms with van der Waals surface area (Å²) in [6.45, 7) is 13.1. The topological polar surface area (TPSA) is 98.0 Å². The second-order valence-electron chi connectivity index (χ2n) is 13.7. The van der Waals surface area contributed by atoms with Crippen LogP contribution in [0.15, 0.2) is 0 Å². The van der Waals surface area contributed by atoms with Gasteiger partial charge in [0.15, 0.2) is 0 Å². The minimum Gasteiger partial charge on any atom is -0.393 e. The van der Waals surface area contributed by atoms with Crippen LogP contribution in [0, 0.1) is 58.2 Å². The molecular formula is C29H50O5. The molecular weight excluding hydrogens is 428 g/mol. The van der Waals surface area contributed by atoms with Crippen molar-refractivity contribution in [2.75, 3.05) is 0 Å². The van der Waals surface area contributed by atoms with Crippen molar-refractivity contribution in [3.8, 4) is 0 Å². The van der Waals surface area contributed by atoms with Crippen molar-refractivity contribution in [3.05, 3.63) is 0 Å². The third kappa shape index (κ3) is 4.11. The average molecular weight is 479 g/mol. The Morgan fingerprint density at radius 2 is 1.56 bits per heavy atom. The number of hydrogen-bond donors (Lipinski definition) is 4. The van der Waals surface area contributed by atoms with Crippen LogP contribution in [0.4, 0.5) is 0 Å². The van der Waals surface area contributed by atoms with Crippen LogP contribution >= 0.6 is 0 Å². The van der Waals surface area contributed by atoms with Crippen molar-refractivity contribution in [1.29, 1.82) is 0 Å². The highest BCUT2D eigenvalue weighted by molar-refractivity contribution is 5.85. The fourth-order valence-electron chi connectivity index (χ4n) is 9.70. The molecule has 0 heterocycles. The van der Waals surface area contributed by atoms with Gasteiger partial charge in [-0.05, 0) is 91.8 Å². The fourth-order valence-corrected chi connectivity index (χ4v) is 9.70. The maximum Gasteiger partial charge on any atom is 0.137 e. The molecule has 34 heavy (non-hydrogen) atoms. The van der Waals surface area contributed by atoms with Crippen LogP contribution in [0.3, 0.4) is 0 Å². The average Bonchev–Trinajstić information content (AvgIpc) is 3.03. The number of Topliss-reactive ketones (excluding diaryl/α,β-unsaturated/α-hetero) is 1. The number of rotatable bonds is 6. The number of aliphatic hydroxyl groups is 4. The summed E-state index contributed by atoms with van der Waals surface area (Å²) in [7, 11) is 0. The summed E-state index contributed by atoms with van der Waals surface area (Å²) >= 11 is 0. The number of carbonyl (C=O) groups is 1. The lowest BCUT2D eigenvalue weighted by molar-refractivity contribution is -0.222. The van der Waals surface area contributed by atoms with Gasteiger partial charge in [-0.25, -0.2) is 0 Å². The summed E-state index contributed by atoms with van der Waals surface area (Å²) in [5.74, 6) is 1.41. The van der Waals surface area contributed by atoms with Crippen LogP contribution < -0.4 is 0 Å². The lowest BCUT2D eigenvalue weighted by atomic mass is 9.43. The molecule has 0 amide bonds. The molecule has 5 nitrogen and oxygen atoms in total. The Bertz CT molecular complexity index is 743. The number of hydrogen-bond acceptors (Lipinski definition) is 5. The van der Waals surface area contributed by atoms with Gasteiger partial charge in [-0.15, -0.1) is 0 Å². The van der Waals surface area contributed by atoms with Crippen LogP contribution in [-0.4, -0.2) is 50.6 Å². The standard InChI is InChI=1S/C29H50O5/c1-15(2)19(17(4)30)8-7-16(3)21-14-23(32)25-24-20(10-12-29(21,25)6)28(5)11-9-18(31)13-22(28)26(33)27(24)34/h15-22,24-27,30-31,33-34H,7-14H2,1-6H3/t16-,17+,18-,19-,20+,21+,22+,24-,25-,26+,27+,28+,29+/m0/s1. The molecule has 4 aliphatic carbocycles. The monoisotopic (exact) mass is 478 g/mol. The van der Waals surface area contributed by atoms with E-state index in [2.05, 4.69) is 34.6 Å². The normalized spacial score (nSPS) is 49.2. The van der Waals surface area contributed by atoms with Gasteiger partial charge < -0.3 is 20.4 Å². The first-order valence-corrected chi connectivity index (χ1v) is 14.1. The fraction of sp³-hybridized carbons (Fsp3) is 0.966. The molecule has 5 heteroatoms. The van der Waals surface area contributed by atoms with E-state index in [4.69, 9.17) is 0 Å². The van der Waals surface area contributed by atoms with Crippen molar-refractivity contribution in [2.45, 2.75) is 117 Å².